The Labute approximate surface area is 125 Å². The van der Waals surface area contributed by atoms with Crippen LogP contribution in [0.1, 0.15) is 31.2 Å². The first-order chi connectivity index (χ1) is 10.2. The molecule has 0 unspecified atom stereocenters. The van der Waals surface area contributed by atoms with E-state index in [1.54, 1.807) is 0 Å². The van der Waals surface area contributed by atoms with E-state index in [2.05, 4.69) is 24.0 Å². The number of nitrogens with one attached hydrogen (secondary N) is 1. The molecule has 0 aromatic heterocycles. The van der Waals surface area contributed by atoms with Gasteiger partial charge in [0.1, 0.15) is 13.2 Å². The number of amides is 1. The average molecular weight is 287 g/mol. The molecule has 1 N–H and O–H groups in total. The minimum absolute atomic E-state index is 0.00844. The van der Waals surface area contributed by atoms with Gasteiger partial charge in [0, 0.05) is 12.0 Å². The average Bonchev–Trinajstić information content (AvgIpc) is 3.02. The molecule has 0 radical (unpaired) electrons. The first-order valence-corrected chi connectivity index (χ1v) is 7.54. The Hall–Kier alpha value is -1.97. The van der Waals surface area contributed by atoms with Gasteiger partial charge in [0.15, 0.2) is 11.5 Å². The number of carbonyl (C=O) groups excluding carboxylic acids is 1. The normalized spacial score (nSPS) is 19.0. The summed E-state index contributed by atoms with van der Waals surface area (Å²) in [6.07, 6.45) is 5.89. The molecule has 1 amide bonds. The Morgan fingerprint density at radius 1 is 1.24 bits per heavy atom. The first kappa shape index (κ1) is 14.0. The quantitative estimate of drug-likeness (QED) is 0.866. The molecular formula is C17H21NO3. The number of carbonyl (C=O) groups is 1. The Balaban J connectivity index is 1.86. The monoisotopic (exact) mass is 287 g/mol. The fourth-order valence-corrected chi connectivity index (χ4v) is 3.32. The fourth-order valence-electron chi connectivity index (χ4n) is 3.32. The lowest BCUT2D eigenvalue weighted by Crippen LogP contribution is -2.38. The van der Waals surface area contributed by atoms with Gasteiger partial charge in [0.25, 0.3) is 0 Å². The number of benzene rings is 1. The molecular weight excluding hydrogens is 266 g/mol. The molecule has 1 aliphatic heterocycles. The molecule has 0 atom stereocenters. The lowest BCUT2D eigenvalue weighted by atomic mass is 9.78. The van der Waals surface area contributed by atoms with Gasteiger partial charge in [-0.2, -0.15) is 0 Å². The van der Waals surface area contributed by atoms with E-state index in [1.807, 2.05) is 6.07 Å². The van der Waals surface area contributed by atoms with Crippen molar-refractivity contribution in [3.8, 4) is 11.5 Å². The number of hydrogen-bond donors (Lipinski definition) is 1. The zero-order valence-corrected chi connectivity index (χ0v) is 12.2. The maximum Gasteiger partial charge on any atom is 0.243 e. The second-order valence-electron chi connectivity index (χ2n) is 5.77. The SMILES string of the molecule is C=CC(=O)NCC1(c2ccc3c(c2)OCCO3)CCCC1. The van der Waals surface area contributed by atoms with Crippen molar-refractivity contribution in [2.75, 3.05) is 19.8 Å². The summed E-state index contributed by atoms with van der Waals surface area (Å²) >= 11 is 0. The molecule has 1 heterocycles. The van der Waals surface area contributed by atoms with Gasteiger partial charge < -0.3 is 14.8 Å². The van der Waals surface area contributed by atoms with Gasteiger partial charge in [-0.1, -0.05) is 25.5 Å². The summed E-state index contributed by atoms with van der Waals surface area (Å²) in [6, 6.07) is 6.18. The lowest BCUT2D eigenvalue weighted by Gasteiger charge is -2.31. The summed E-state index contributed by atoms with van der Waals surface area (Å²) in [4.78, 5) is 11.5. The third kappa shape index (κ3) is 2.75. The molecule has 1 aromatic rings. The van der Waals surface area contributed by atoms with Gasteiger partial charge in [-0.05, 0) is 36.6 Å². The number of rotatable bonds is 4. The highest BCUT2D eigenvalue weighted by atomic mass is 16.6. The largest absolute Gasteiger partial charge is 0.486 e. The Kier molecular flexibility index (Phi) is 3.86. The summed E-state index contributed by atoms with van der Waals surface area (Å²) in [6.45, 7) is 5.36. The van der Waals surface area contributed by atoms with Crippen molar-refractivity contribution in [2.45, 2.75) is 31.1 Å². The molecule has 112 valence electrons. The topological polar surface area (TPSA) is 47.6 Å². The van der Waals surface area contributed by atoms with E-state index in [9.17, 15) is 4.79 Å². The minimum atomic E-state index is -0.112. The predicted octanol–water partition coefficient (Wildman–Crippen LogP) is 2.57. The molecule has 3 rings (SSSR count). The Morgan fingerprint density at radius 2 is 1.95 bits per heavy atom. The minimum Gasteiger partial charge on any atom is -0.486 e. The fraction of sp³-hybridized carbons (Fsp3) is 0.471. The maximum absolute atomic E-state index is 11.5. The predicted molar refractivity (Wildman–Crippen MR) is 80.8 cm³/mol. The van der Waals surface area contributed by atoms with Crippen LogP contribution in [0.4, 0.5) is 0 Å². The molecule has 4 heteroatoms. The van der Waals surface area contributed by atoms with Crippen LogP contribution in [0.2, 0.25) is 0 Å². The highest BCUT2D eigenvalue weighted by Gasteiger charge is 2.36. The van der Waals surface area contributed by atoms with Gasteiger partial charge in [-0.15, -0.1) is 0 Å². The van der Waals surface area contributed by atoms with Crippen LogP contribution in [0.25, 0.3) is 0 Å². The Bertz CT molecular complexity index is 547. The van der Waals surface area contributed by atoms with E-state index in [0.717, 1.165) is 24.3 Å². The zero-order valence-electron chi connectivity index (χ0n) is 12.2. The third-order valence-electron chi connectivity index (χ3n) is 4.50. The van der Waals surface area contributed by atoms with E-state index in [0.29, 0.717) is 19.8 Å². The zero-order chi connectivity index (χ0) is 14.7. The first-order valence-electron chi connectivity index (χ1n) is 7.54. The van der Waals surface area contributed by atoms with Crippen molar-refractivity contribution in [1.82, 2.24) is 5.32 Å². The molecule has 2 aliphatic rings. The van der Waals surface area contributed by atoms with E-state index in [4.69, 9.17) is 9.47 Å². The number of hydrogen-bond acceptors (Lipinski definition) is 3. The van der Waals surface area contributed by atoms with Crippen LogP contribution in [0.15, 0.2) is 30.9 Å². The maximum atomic E-state index is 11.5. The van der Waals surface area contributed by atoms with Crippen LogP contribution in [-0.2, 0) is 10.2 Å². The van der Waals surface area contributed by atoms with Gasteiger partial charge in [-0.25, -0.2) is 0 Å². The Morgan fingerprint density at radius 3 is 2.67 bits per heavy atom. The molecule has 4 nitrogen and oxygen atoms in total. The van der Waals surface area contributed by atoms with Gasteiger partial charge in [0.2, 0.25) is 5.91 Å². The van der Waals surface area contributed by atoms with Crippen molar-refractivity contribution in [3.63, 3.8) is 0 Å². The highest BCUT2D eigenvalue weighted by molar-refractivity contribution is 5.86. The van der Waals surface area contributed by atoms with Crippen LogP contribution >= 0.6 is 0 Å². The van der Waals surface area contributed by atoms with Crippen LogP contribution < -0.4 is 14.8 Å². The summed E-state index contributed by atoms with van der Waals surface area (Å²) in [5.41, 5.74) is 1.24. The molecule has 21 heavy (non-hydrogen) atoms. The van der Waals surface area contributed by atoms with E-state index < -0.39 is 0 Å². The van der Waals surface area contributed by atoms with E-state index in [1.165, 1.54) is 24.5 Å². The van der Waals surface area contributed by atoms with Crippen molar-refractivity contribution in [1.29, 1.82) is 0 Å². The smallest absolute Gasteiger partial charge is 0.243 e. The van der Waals surface area contributed by atoms with Crippen LogP contribution in [-0.4, -0.2) is 25.7 Å². The molecule has 0 bridgehead atoms. The number of fused-ring (bicyclic) bond motifs is 1. The molecule has 1 saturated carbocycles. The van der Waals surface area contributed by atoms with Crippen molar-refractivity contribution in [2.24, 2.45) is 0 Å². The van der Waals surface area contributed by atoms with Crippen LogP contribution in [0.5, 0.6) is 11.5 Å². The van der Waals surface area contributed by atoms with E-state index >= 15 is 0 Å². The summed E-state index contributed by atoms with van der Waals surface area (Å²) in [5, 5.41) is 2.96. The molecule has 1 fully saturated rings. The van der Waals surface area contributed by atoms with Crippen molar-refractivity contribution < 1.29 is 14.3 Å². The lowest BCUT2D eigenvalue weighted by molar-refractivity contribution is -0.116. The number of ether oxygens (including phenoxy) is 2. The van der Waals surface area contributed by atoms with Crippen molar-refractivity contribution >= 4 is 5.91 Å². The molecule has 1 aliphatic carbocycles. The molecule has 1 aromatic carbocycles. The molecule has 0 spiro atoms. The standard InChI is InChI=1S/C17H21NO3/c1-2-16(19)18-12-17(7-3-4-8-17)13-5-6-14-15(11-13)21-10-9-20-14/h2,5-6,11H,1,3-4,7-10,12H2,(H,18,19). The van der Waals surface area contributed by atoms with Gasteiger partial charge in [0.05, 0.1) is 0 Å². The van der Waals surface area contributed by atoms with Gasteiger partial charge in [-0.3, -0.25) is 4.79 Å². The van der Waals surface area contributed by atoms with Crippen LogP contribution in [0, 0.1) is 0 Å². The van der Waals surface area contributed by atoms with E-state index in [-0.39, 0.29) is 11.3 Å². The highest BCUT2D eigenvalue weighted by Crippen LogP contribution is 2.43. The molecule has 0 saturated heterocycles. The van der Waals surface area contributed by atoms with Crippen molar-refractivity contribution in [3.05, 3.63) is 36.4 Å². The second-order valence-corrected chi connectivity index (χ2v) is 5.77. The van der Waals surface area contributed by atoms with Crippen LogP contribution in [0.3, 0.4) is 0 Å². The summed E-state index contributed by atoms with van der Waals surface area (Å²) < 4.78 is 11.3. The third-order valence-corrected chi connectivity index (χ3v) is 4.50. The summed E-state index contributed by atoms with van der Waals surface area (Å²) in [5.74, 6) is 1.52. The second kappa shape index (κ2) is 5.80. The summed E-state index contributed by atoms with van der Waals surface area (Å²) in [7, 11) is 0. The van der Waals surface area contributed by atoms with Gasteiger partial charge >= 0.3 is 0 Å².